The highest BCUT2D eigenvalue weighted by molar-refractivity contribution is 7.80. The summed E-state index contributed by atoms with van der Waals surface area (Å²) in [6.07, 6.45) is 10.1. The van der Waals surface area contributed by atoms with E-state index in [9.17, 15) is 0 Å². The number of anilines is 3. The van der Waals surface area contributed by atoms with E-state index >= 15 is 0 Å². The number of morpholine rings is 1. The average Bonchev–Trinajstić information content (AvgIpc) is 3.03. The number of thiocarbonyl (C=S) groups is 1. The quantitative estimate of drug-likeness (QED) is 0.553. The Morgan fingerprint density at radius 3 is 2.37 bits per heavy atom. The zero-order chi connectivity index (χ0) is 20.8. The van der Waals surface area contributed by atoms with Gasteiger partial charge in [-0.05, 0) is 43.8 Å². The fraction of sp³-hybridized carbons (Fsp3) is 0.773. The zero-order valence-corrected chi connectivity index (χ0v) is 19.1. The molecule has 7 nitrogen and oxygen atoms in total. The maximum absolute atomic E-state index is 5.63. The second kappa shape index (κ2) is 10.6. The van der Waals surface area contributed by atoms with Gasteiger partial charge in [-0.3, -0.25) is 0 Å². The summed E-state index contributed by atoms with van der Waals surface area (Å²) < 4.78 is 5.53. The number of hydrogen-bond acceptors (Lipinski definition) is 6. The highest BCUT2D eigenvalue weighted by atomic mass is 32.1. The largest absolute Gasteiger partial charge is 0.378 e. The van der Waals surface area contributed by atoms with Crippen molar-refractivity contribution in [3.63, 3.8) is 0 Å². The Labute approximate surface area is 186 Å². The van der Waals surface area contributed by atoms with Crippen molar-refractivity contribution in [1.82, 2.24) is 15.3 Å². The van der Waals surface area contributed by atoms with E-state index in [1.165, 1.54) is 51.4 Å². The van der Waals surface area contributed by atoms with Crippen LogP contribution in [0.25, 0.3) is 0 Å². The van der Waals surface area contributed by atoms with E-state index in [0.29, 0.717) is 23.0 Å². The van der Waals surface area contributed by atoms with Gasteiger partial charge in [0.25, 0.3) is 0 Å². The molecule has 3 fully saturated rings. The van der Waals surface area contributed by atoms with E-state index in [4.69, 9.17) is 26.9 Å². The first kappa shape index (κ1) is 21.6. The van der Waals surface area contributed by atoms with Crippen molar-refractivity contribution in [2.24, 2.45) is 5.92 Å². The van der Waals surface area contributed by atoms with Crippen molar-refractivity contribution in [2.75, 3.05) is 54.5 Å². The second-order valence-corrected chi connectivity index (χ2v) is 9.40. The van der Waals surface area contributed by atoms with Gasteiger partial charge in [0, 0.05) is 38.3 Å². The molecule has 2 saturated heterocycles. The minimum absolute atomic E-state index is 0.456. The van der Waals surface area contributed by atoms with Crippen LogP contribution in [0.4, 0.5) is 17.6 Å². The number of nitrogens with zero attached hydrogens (tertiary/aromatic N) is 4. The lowest BCUT2D eigenvalue weighted by Gasteiger charge is -2.33. The lowest BCUT2D eigenvalue weighted by Crippen LogP contribution is -2.39. The van der Waals surface area contributed by atoms with Crippen LogP contribution in [-0.4, -0.2) is 60.5 Å². The number of nitrogens with one attached hydrogen (secondary N) is 2. The van der Waals surface area contributed by atoms with Gasteiger partial charge in [0.05, 0.1) is 13.2 Å². The normalized spacial score (nSPS) is 23.7. The lowest BCUT2D eigenvalue weighted by atomic mass is 10.0. The van der Waals surface area contributed by atoms with Crippen LogP contribution in [0.15, 0.2) is 6.07 Å². The lowest BCUT2D eigenvalue weighted by molar-refractivity contribution is 0.122. The molecule has 3 aliphatic rings. The summed E-state index contributed by atoms with van der Waals surface area (Å²) >= 11 is 5.63. The Balaban J connectivity index is 1.49. The molecule has 2 N–H and O–H groups in total. The summed E-state index contributed by atoms with van der Waals surface area (Å²) in [5.74, 6) is 3.24. The summed E-state index contributed by atoms with van der Waals surface area (Å²) in [7, 11) is 0. The zero-order valence-electron chi connectivity index (χ0n) is 18.2. The molecule has 1 aromatic rings. The number of rotatable bonds is 4. The third-order valence-corrected chi connectivity index (χ3v) is 6.65. The van der Waals surface area contributed by atoms with Gasteiger partial charge in [-0.25, -0.2) is 0 Å². The van der Waals surface area contributed by atoms with Crippen molar-refractivity contribution in [3.8, 4) is 0 Å². The first-order valence-electron chi connectivity index (χ1n) is 11.7. The van der Waals surface area contributed by atoms with E-state index in [-0.39, 0.29) is 0 Å². The van der Waals surface area contributed by atoms with Crippen LogP contribution < -0.4 is 20.4 Å². The molecular formula is C22H36N6OS. The fourth-order valence-corrected chi connectivity index (χ4v) is 5.00. The molecule has 1 atom stereocenters. The molecule has 166 valence electrons. The minimum Gasteiger partial charge on any atom is -0.378 e. The number of piperidine rings is 1. The molecule has 30 heavy (non-hydrogen) atoms. The van der Waals surface area contributed by atoms with E-state index in [1.807, 2.05) is 0 Å². The van der Waals surface area contributed by atoms with Gasteiger partial charge in [-0.15, -0.1) is 0 Å². The summed E-state index contributed by atoms with van der Waals surface area (Å²) in [6, 6.07) is 2.59. The molecule has 1 saturated carbocycles. The third kappa shape index (κ3) is 5.94. The van der Waals surface area contributed by atoms with Gasteiger partial charge in [-0.1, -0.05) is 32.6 Å². The molecule has 0 amide bonds. The predicted octanol–water partition coefficient (Wildman–Crippen LogP) is 3.56. The van der Waals surface area contributed by atoms with Crippen LogP contribution in [0, 0.1) is 5.92 Å². The minimum atomic E-state index is 0.456. The summed E-state index contributed by atoms with van der Waals surface area (Å²) in [6.45, 7) is 7.61. The van der Waals surface area contributed by atoms with Crippen LogP contribution in [-0.2, 0) is 4.74 Å². The van der Waals surface area contributed by atoms with Crippen molar-refractivity contribution in [3.05, 3.63) is 6.07 Å². The number of ether oxygens (including phenoxy) is 1. The maximum atomic E-state index is 5.63. The van der Waals surface area contributed by atoms with Crippen LogP contribution >= 0.6 is 12.2 Å². The van der Waals surface area contributed by atoms with Gasteiger partial charge in [0.2, 0.25) is 5.95 Å². The first-order valence-corrected chi connectivity index (χ1v) is 12.1. The van der Waals surface area contributed by atoms with E-state index in [1.54, 1.807) is 0 Å². The molecule has 3 heterocycles. The van der Waals surface area contributed by atoms with Gasteiger partial charge in [0.1, 0.15) is 11.6 Å². The number of hydrogen-bond donors (Lipinski definition) is 2. The van der Waals surface area contributed by atoms with Crippen molar-refractivity contribution < 1.29 is 4.74 Å². The van der Waals surface area contributed by atoms with Crippen molar-refractivity contribution >= 4 is 34.9 Å². The van der Waals surface area contributed by atoms with E-state index in [0.717, 1.165) is 51.0 Å². The van der Waals surface area contributed by atoms with Crippen LogP contribution in [0.1, 0.15) is 58.3 Å². The van der Waals surface area contributed by atoms with Crippen LogP contribution in [0.2, 0.25) is 0 Å². The Bertz CT molecular complexity index is 703. The summed E-state index contributed by atoms with van der Waals surface area (Å²) in [4.78, 5) is 14.4. The van der Waals surface area contributed by atoms with E-state index in [2.05, 4.69) is 33.4 Å². The third-order valence-electron chi connectivity index (χ3n) is 6.43. The second-order valence-electron chi connectivity index (χ2n) is 8.99. The van der Waals surface area contributed by atoms with E-state index < -0.39 is 0 Å². The number of aromatic nitrogens is 2. The van der Waals surface area contributed by atoms with Gasteiger partial charge < -0.3 is 25.2 Å². The van der Waals surface area contributed by atoms with Crippen LogP contribution in [0.5, 0.6) is 0 Å². The summed E-state index contributed by atoms with van der Waals surface area (Å²) in [5, 5.41) is 7.44. The average molecular weight is 433 g/mol. The standard InChI is InChI=1S/C22H36N6OS/c1-17-7-6-10-28(16-17)20-15-19(27-11-13-29-14-12-27)24-21(25-20)26-22(30)23-18-8-4-2-3-5-9-18/h15,17-18H,2-14,16H2,1H3,(H2,23,24,25,26,30)/t17-/m1/s1. The molecule has 2 aliphatic heterocycles. The fourth-order valence-electron chi connectivity index (χ4n) is 4.74. The molecule has 8 heteroatoms. The molecule has 0 bridgehead atoms. The van der Waals surface area contributed by atoms with Gasteiger partial charge in [-0.2, -0.15) is 9.97 Å². The Kier molecular flexibility index (Phi) is 7.60. The Morgan fingerprint density at radius 2 is 1.67 bits per heavy atom. The molecule has 0 aromatic carbocycles. The Morgan fingerprint density at radius 1 is 0.967 bits per heavy atom. The maximum Gasteiger partial charge on any atom is 0.232 e. The van der Waals surface area contributed by atoms with Crippen molar-refractivity contribution in [2.45, 2.75) is 64.3 Å². The first-order chi connectivity index (χ1) is 14.7. The monoisotopic (exact) mass is 432 g/mol. The molecule has 0 radical (unpaired) electrons. The highest BCUT2D eigenvalue weighted by Gasteiger charge is 2.22. The molecule has 0 unspecified atom stereocenters. The Hall–Kier alpha value is -1.67. The van der Waals surface area contributed by atoms with Gasteiger partial charge >= 0.3 is 0 Å². The molecule has 1 aromatic heterocycles. The molecule has 4 rings (SSSR count). The van der Waals surface area contributed by atoms with Crippen molar-refractivity contribution in [1.29, 1.82) is 0 Å². The molecule has 0 spiro atoms. The smallest absolute Gasteiger partial charge is 0.232 e. The highest BCUT2D eigenvalue weighted by Crippen LogP contribution is 2.26. The SMILES string of the molecule is C[C@@H]1CCCN(c2cc(N3CCOCC3)nc(NC(=S)NC3CCCCCC3)n2)C1. The summed E-state index contributed by atoms with van der Waals surface area (Å²) in [5.41, 5.74) is 0. The molecular weight excluding hydrogens is 396 g/mol. The predicted molar refractivity (Wildman–Crippen MR) is 127 cm³/mol. The van der Waals surface area contributed by atoms with Gasteiger partial charge in [0.15, 0.2) is 5.11 Å². The van der Waals surface area contributed by atoms with Crippen LogP contribution in [0.3, 0.4) is 0 Å². The molecule has 1 aliphatic carbocycles. The topological polar surface area (TPSA) is 65.6 Å².